The highest BCUT2D eigenvalue weighted by atomic mass is 19.1. The van der Waals surface area contributed by atoms with Crippen LogP contribution in [0.25, 0.3) is 28.1 Å². The van der Waals surface area contributed by atoms with Crippen LogP contribution in [0.4, 0.5) is 4.39 Å². The average Bonchev–Trinajstić information content (AvgIpc) is 3.38. The number of benzene rings is 1. The molecule has 32 heavy (non-hydrogen) atoms. The number of rotatable bonds is 2. The van der Waals surface area contributed by atoms with Gasteiger partial charge in [-0.15, -0.1) is 0 Å². The smallest absolute Gasteiger partial charge is 0.328 e. The van der Waals surface area contributed by atoms with Gasteiger partial charge >= 0.3 is 5.69 Å². The van der Waals surface area contributed by atoms with Gasteiger partial charge in [0.1, 0.15) is 5.52 Å². The molecule has 0 fully saturated rings. The Labute approximate surface area is 179 Å². The SMILES string of the molecule is N#Cc1ccn2ncc(-c3ncc4[nH]c(=O)n(C5CCOc6c(F)cccc65)c4n3)c2c1. The maximum absolute atomic E-state index is 14.3. The highest BCUT2D eigenvalue weighted by molar-refractivity contribution is 5.80. The van der Waals surface area contributed by atoms with Crippen molar-refractivity contribution in [1.82, 2.24) is 29.1 Å². The van der Waals surface area contributed by atoms with Crippen LogP contribution in [-0.2, 0) is 0 Å². The van der Waals surface area contributed by atoms with Crippen molar-refractivity contribution in [3.63, 3.8) is 0 Å². The molecule has 1 atom stereocenters. The van der Waals surface area contributed by atoms with Gasteiger partial charge in [0.05, 0.1) is 47.8 Å². The minimum atomic E-state index is -0.463. The molecule has 1 unspecified atom stereocenters. The van der Waals surface area contributed by atoms with Crippen LogP contribution in [0.5, 0.6) is 5.75 Å². The van der Waals surface area contributed by atoms with Crippen LogP contribution in [0.1, 0.15) is 23.6 Å². The van der Waals surface area contributed by atoms with E-state index in [-0.39, 0.29) is 18.0 Å². The van der Waals surface area contributed by atoms with E-state index in [9.17, 15) is 14.4 Å². The number of nitrogens with zero attached hydrogens (tertiary/aromatic N) is 6. The molecule has 0 aliphatic carbocycles. The third-order valence-corrected chi connectivity index (χ3v) is 5.65. The first-order valence-corrected chi connectivity index (χ1v) is 9.90. The van der Waals surface area contributed by atoms with Crippen molar-refractivity contribution in [2.45, 2.75) is 12.5 Å². The van der Waals surface area contributed by atoms with E-state index in [1.54, 1.807) is 47.4 Å². The van der Waals surface area contributed by atoms with Crippen molar-refractivity contribution >= 4 is 16.7 Å². The van der Waals surface area contributed by atoms with Gasteiger partial charge in [-0.2, -0.15) is 10.4 Å². The van der Waals surface area contributed by atoms with Gasteiger partial charge in [-0.3, -0.25) is 4.57 Å². The van der Waals surface area contributed by atoms with Crippen molar-refractivity contribution in [3.8, 4) is 23.2 Å². The monoisotopic (exact) mass is 427 g/mol. The van der Waals surface area contributed by atoms with Crippen molar-refractivity contribution in [1.29, 1.82) is 5.26 Å². The van der Waals surface area contributed by atoms with Gasteiger partial charge in [-0.05, 0) is 18.2 Å². The Balaban J connectivity index is 1.56. The summed E-state index contributed by atoms with van der Waals surface area (Å²) in [4.78, 5) is 24.7. The van der Waals surface area contributed by atoms with Crippen molar-refractivity contribution in [3.05, 3.63) is 76.4 Å². The molecule has 0 amide bonds. The van der Waals surface area contributed by atoms with E-state index in [4.69, 9.17) is 4.74 Å². The third kappa shape index (κ3) is 2.61. The van der Waals surface area contributed by atoms with Crippen LogP contribution in [0.3, 0.4) is 0 Å². The lowest BCUT2D eigenvalue weighted by Crippen LogP contribution is -2.28. The zero-order valence-corrected chi connectivity index (χ0v) is 16.5. The van der Waals surface area contributed by atoms with Crippen molar-refractivity contribution in [2.24, 2.45) is 0 Å². The van der Waals surface area contributed by atoms with Gasteiger partial charge < -0.3 is 9.72 Å². The largest absolute Gasteiger partial charge is 0.490 e. The van der Waals surface area contributed by atoms with Crippen LogP contribution in [0.2, 0.25) is 0 Å². The van der Waals surface area contributed by atoms with Crippen molar-refractivity contribution < 1.29 is 9.13 Å². The Hall–Kier alpha value is -4.52. The second-order valence-electron chi connectivity index (χ2n) is 7.46. The number of halogens is 1. The molecule has 9 nitrogen and oxygen atoms in total. The predicted molar refractivity (Wildman–Crippen MR) is 112 cm³/mol. The Morgan fingerprint density at radius 1 is 1.28 bits per heavy atom. The molecule has 0 spiro atoms. The first kappa shape index (κ1) is 18.3. The molecule has 10 heteroatoms. The number of hydrogen-bond acceptors (Lipinski definition) is 6. The van der Waals surface area contributed by atoms with E-state index in [0.29, 0.717) is 45.6 Å². The number of ether oxygens (including phenoxy) is 1. The standard InChI is InChI=1S/C22H14FN7O2/c23-15-3-1-2-13-17(5-7-32-19(13)15)30-21-16(27-22(30)31)11-25-20(28-21)14-10-26-29-6-4-12(9-24)8-18(14)29/h1-4,6,8,10-11,17H,5,7H2,(H,27,31). The van der Waals surface area contributed by atoms with Crippen LogP contribution in [-0.4, -0.2) is 35.7 Å². The fraction of sp³-hybridized carbons (Fsp3) is 0.136. The summed E-state index contributed by atoms with van der Waals surface area (Å²) in [5.74, 6) is 0.0582. The van der Waals surface area contributed by atoms with E-state index in [2.05, 4.69) is 26.1 Å². The van der Waals surface area contributed by atoms with E-state index < -0.39 is 11.9 Å². The van der Waals surface area contributed by atoms with Crippen LogP contribution < -0.4 is 10.4 Å². The number of hydrogen-bond donors (Lipinski definition) is 1. The van der Waals surface area contributed by atoms with E-state index in [0.717, 1.165) is 0 Å². The number of pyridine rings is 1. The molecular formula is C22H14FN7O2. The topological polar surface area (TPSA) is 114 Å². The van der Waals surface area contributed by atoms with Crippen molar-refractivity contribution in [2.75, 3.05) is 6.61 Å². The second kappa shape index (κ2) is 6.75. The summed E-state index contributed by atoms with van der Waals surface area (Å²) in [5, 5.41) is 13.5. The summed E-state index contributed by atoms with van der Waals surface area (Å²) in [7, 11) is 0. The molecule has 0 saturated heterocycles. The van der Waals surface area contributed by atoms with E-state index >= 15 is 0 Å². The van der Waals surface area contributed by atoms with E-state index in [1.165, 1.54) is 10.6 Å². The Morgan fingerprint density at radius 2 is 2.19 bits per heavy atom. The number of imidazole rings is 1. The lowest BCUT2D eigenvalue weighted by molar-refractivity contribution is 0.244. The fourth-order valence-electron chi connectivity index (χ4n) is 4.19. The normalized spacial score (nSPS) is 15.4. The summed E-state index contributed by atoms with van der Waals surface area (Å²) >= 11 is 0. The molecule has 0 saturated carbocycles. The second-order valence-corrected chi connectivity index (χ2v) is 7.46. The van der Waals surface area contributed by atoms with Crippen LogP contribution in [0.15, 0.2) is 53.7 Å². The van der Waals surface area contributed by atoms with Gasteiger partial charge in [0.2, 0.25) is 0 Å². The number of H-pyrrole nitrogens is 1. The van der Waals surface area contributed by atoms with Gasteiger partial charge in [-0.25, -0.2) is 23.7 Å². The maximum Gasteiger partial charge on any atom is 0.328 e. The van der Waals surface area contributed by atoms with Gasteiger partial charge in [0, 0.05) is 18.2 Å². The molecule has 1 N–H and O–H groups in total. The molecule has 5 aromatic rings. The summed E-state index contributed by atoms with van der Waals surface area (Å²) in [5.41, 5.74) is 2.89. The molecule has 1 aliphatic rings. The Morgan fingerprint density at radius 3 is 3.06 bits per heavy atom. The number of nitriles is 1. The molecule has 6 rings (SSSR count). The lowest BCUT2D eigenvalue weighted by atomic mass is 10.00. The predicted octanol–water partition coefficient (Wildman–Crippen LogP) is 2.82. The lowest BCUT2D eigenvalue weighted by Gasteiger charge is -2.26. The maximum atomic E-state index is 14.3. The molecule has 0 bridgehead atoms. The van der Waals surface area contributed by atoms with Gasteiger partial charge in [0.25, 0.3) is 0 Å². The minimum absolute atomic E-state index is 0.158. The summed E-state index contributed by atoms with van der Waals surface area (Å²) in [6.45, 7) is 0.278. The highest BCUT2D eigenvalue weighted by Crippen LogP contribution is 2.37. The summed E-state index contributed by atoms with van der Waals surface area (Å²) in [6.07, 6.45) is 5.34. The number of aromatic nitrogens is 6. The number of para-hydroxylation sites is 1. The Bertz CT molecular complexity index is 1630. The molecular weight excluding hydrogens is 413 g/mol. The number of fused-ring (bicyclic) bond motifs is 3. The number of aromatic amines is 1. The molecule has 4 aromatic heterocycles. The molecule has 1 aliphatic heterocycles. The quantitative estimate of drug-likeness (QED) is 0.463. The first-order chi connectivity index (χ1) is 15.6. The molecule has 0 radical (unpaired) electrons. The first-order valence-electron chi connectivity index (χ1n) is 9.90. The van der Waals surface area contributed by atoms with E-state index in [1.807, 2.05) is 0 Å². The highest BCUT2D eigenvalue weighted by Gasteiger charge is 2.29. The summed E-state index contributed by atoms with van der Waals surface area (Å²) < 4.78 is 23.0. The minimum Gasteiger partial charge on any atom is -0.490 e. The van der Waals surface area contributed by atoms with Crippen LogP contribution in [0, 0.1) is 17.1 Å². The average molecular weight is 427 g/mol. The molecule has 1 aromatic carbocycles. The van der Waals surface area contributed by atoms with Gasteiger partial charge in [-0.1, -0.05) is 12.1 Å². The number of nitrogens with one attached hydrogen (secondary N) is 1. The molecule has 5 heterocycles. The summed E-state index contributed by atoms with van der Waals surface area (Å²) in [6, 6.07) is 9.73. The fourth-order valence-corrected chi connectivity index (χ4v) is 4.19. The van der Waals surface area contributed by atoms with Crippen LogP contribution >= 0.6 is 0 Å². The Kier molecular flexibility index (Phi) is 3.85. The molecule has 156 valence electrons. The zero-order valence-electron chi connectivity index (χ0n) is 16.5. The zero-order chi connectivity index (χ0) is 21.8. The third-order valence-electron chi connectivity index (χ3n) is 5.65. The van der Waals surface area contributed by atoms with Gasteiger partial charge in [0.15, 0.2) is 23.0 Å².